The van der Waals surface area contributed by atoms with Gasteiger partial charge in [-0.1, -0.05) is 13.8 Å². The number of carbonyl (C=O) groups is 2. The topological polar surface area (TPSA) is 82.5 Å². The summed E-state index contributed by atoms with van der Waals surface area (Å²) >= 11 is 0. The van der Waals surface area contributed by atoms with Gasteiger partial charge in [-0.2, -0.15) is 0 Å². The van der Waals surface area contributed by atoms with Crippen LogP contribution in [0.3, 0.4) is 0 Å². The predicted octanol–water partition coefficient (Wildman–Crippen LogP) is 1.90. The SMILES string of the molecule is CC(C)CN(C)C(=O)Nc1cncc(C(=O)O)c1. The summed E-state index contributed by atoms with van der Waals surface area (Å²) in [5.41, 5.74) is 0.412. The zero-order chi connectivity index (χ0) is 13.7. The minimum absolute atomic E-state index is 0.0410. The van der Waals surface area contributed by atoms with Crippen LogP contribution in [0, 0.1) is 5.92 Å². The van der Waals surface area contributed by atoms with E-state index >= 15 is 0 Å². The molecule has 0 spiro atoms. The number of carboxylic acid groups (broad SMARTS) is 1. The van der Waals surface area contributed by atoms with Crippen LogP contribution in [-0.4, -0.2) is 40.6 Å². The lowest BCUT2D eigenvalue weighted by Gasteiger charge is -2.19. The number of carboxylic acids is 1. The maximum atomic E-state index is 11.8. The lowest BCUT2D eigenvalue weighted by Crippen LogP contribution is -2.34. The Labute approximate surface area is 106 Å². The van der Waals surface area contributed by atoms with Crippen molar-refractivity contribution in [1.82, 2.24) is 9.88 Å². The number of aromatic carboxylic acids is 1. The number of carbonyl (C=O) groups excluding carboxylic acids is 1. The summed E-state index contributed by atoms with van der Waals surface area (Å²) in [5, 5.41) is 11.4. The van der Waals surface area contributed by atoms with Crippen LogP contribution in [0.15, 0.2) is 18.5 Å². The van der Waals surface area contributed by atoms with E-state index in [9.17, 15) is 9.59 Å². The van der Waals surface area contributed by atoms with Gasteiger partial charge in [0.2, 0.25) is 0 Å². The number of rotatable bonds is 4. The fourth-order valence-corrected chi connectivity index (χ4v) is 1.47. The zero-order valence-electron chi connectivity index (χ0n) is 10.7. The van der Waals surface area contributed by atoms with Crippen LogP contribution in [-0.2, 0) is 0 Å². The fraction of sp³-hybridized carbons (Fsp3) is 0.417. The Morgan fingerprint density at radius 1 is 1.44 bits per heavy atom. The van der Waals surface area contributed by atoms with Crippen molar-refractivity contribution in [2.45, 2.75) is 13.8 Å². The van der Waals surface area contributed by atoms with Crippen LogP contribution in [0.2, 0.25) is 0 Å². The van der Waals surface area contributed by atoms with Crippen molar-refractivity contribution >= 4 is 17.7 Å². The molecule has 18 heavy (non-hydrogen) atoms. The van der Waals surface area contributed by atoms with Gasteiger partial charge in [0, 0.05) is 19.8 Å². The molecule has 2 N–H and O–H groups in total. The number of aromatic nitrogens is 1. The molecular weight excluding hydrogens is 234 g/mol. The lowest BCUT2D eigenvalue weighted by molar-refractivity contribution is 0.0696. The number of nitrogens with one attached hydrogen (secondary N) is 1. The molecule has 0 unspecified atom stereocenters. The van der Waals surface area contributed by atoms with E-state index < -0.39 is 5.97 Å². The van der Waals surface area contributed by atoms with Gasteiger partial charge in [-0.25, -0.2) is 9.59 Å². The first-order valence-corrected chi connectivity index (χ1v) is 5.60. The number of nitrogens with zero attached hydrogens (tertiary/aromatic N) is 2. The maximum Gasteiger partial charge on any atom is 0.337 e. The zero-order valence-corrected chi connectivity index (χ0v) is 10.7. The monoisotopic (exact) mass is 251 g/mol. The van der Waals surface area contributed by atoms with E-state index in [4.69, 9.17) is 5.11 Å². The molecule has 1 rings (SSSR count). The minimum Gasteiger partial charge on any atom is -0.478 e. The van der Waals surface area contributed by atoms with Gasteiger partial charge in [0.25, 0.3) is 0 Å². The molecule has 2 amide bonds. The second-order valence-electron chi connectivity index (χ2n) is 4.47. The number of anilines is 1. The first-order valence-electron chi connectivity index (χ1n) is 5.60. The average Bonchev–Trinajstić information content (AvgIpc) is 2.28. The van der Waals surface area contributed by atoms with Crippen molar-refractivity contribution in [3.05, 3.63) is 24.0 Å². The molecule has 1 aromatic rings. The number of urea groups is 1. The Hall–Kier alpha value is -2.11. The number of amides is 2. The Kier molecular flexibility index (Phi) is 4.65. The standard InChI is InChI=1S/C12H17N3O3/c1-8(2)7-15(3)12(18)14-10-4-9(11(16)17)5-13-6-10/h4-6,8H,7H2,1-3H3,(H,14,18)(H,16,17). The molecule has 0 aromatic carbocycles. The van der Waals surface area contributed by atoms with Gasteiger partial charge in [-0.05, 0) is 12.0 Å². The van der Waals surface area contributed by atoms with Crippen molar-refractivity contribution in [3.8, 4) is 0 Å². The fourth-order valence-electron chi connectivity index (χ4n) is 1.47. The van der Waals surface area contributed by atoms with E-state index in [0.29, 0.717) is 18.2 Å². The Morgan fingerprint density at radius 2 is 2.11 bits per heavy atom. The van der Waals surface area contributed by atoms with E-state index in [1.54, 1.807) is 7.05 Å². The molecule has 1 heterocycles. The molecule has 0 bridgehead atoms. The predicted molar refractivity (Wildman–Crippen MR) is 67.7 cm³/mol. The molecule has 0 saturated carbocycles. The van der Waals surface area contributed by atoms with Crippen molar-refractivity contribution in [2.24, 2.45) is 5.92 Å². The summed E-state index contributed by atoms with van der Waals surface area (Å²) in [5.74, 6) is -0.710. The molecule has 1 aromatic heterocycles. The normalized spacial score (nSPS) is 10.2. The molecule has 0 atom stereocenters. The molecule has 0 aliphatic carbocycles. The second kappa shape index (κ2) is 6.00. The Bertz CT molecular complexity index is 446. The largest absolute Gasteiger partial charge is 0.478 e. The third-order valence-electron chi connectivity index (χ3n) is 2.22. The first kappa shape index (κ1) is 14.0. The molecule has 98 valence electrons. The summed E-state index contributed by atoms with van der Waals surface area (Å²) < 4.78 is 0. The minimum atomic E-state index is -1.07. The van der Waals surface area contributed by atoms with Crippen LogP contribution >= 0.6 is 0 Å². The molecule has 6 heteroatoms. The van der Waals surface area contributed by atoms with Gasteiger partial charge in [-0.3, -0.25) is 4.98 Å². The first-order chi connectivity index (χ1) is 8.40. The molecule has 0 fully saturated rings. The summed E-state index contributed by atoms with van der Waals surface area (Å²) in [6, 6.07) is 1.09. The van der Waals surface area contributed by atoms with E-state index in [2.05, 4.69) is 10.3 Å². The van der Waals surface area contributed by atoms with Gasteiger partial charge in [0.1, 0.15) is 0 Å². The van der Waals surface area contributed by atoms with Crippen molar-refractivity contribution in [2.75, 3.05) is 18.9 Å². The summed E-state index contributed by atoms with van der Waals surface area (Å²) in [6.07, 6.45) is 2.64. The maximum absolute atomic E-state index is 11.8. The number of hydrogen-bond acceptors (Lipinski definition) is 3. The highest BCUT2D eigenvalue weighted by Crippen LogP contribution is 2.09. The highest BCUT2D eigenvalue weighted by molar-refractivity contribution is 5.92. The molecule has 0 saturated heterocycles. The highest BCUT2D eigenvalue weighted by Gasteiger charge is 2.11. The molecule has 0 aliphatic rings. The molecule has 0 aliphatic heterocycles. The van der Waals surface area contributed by atoms with Gasteiger partial charge >= 0.3 is 12.0 Å². The van der Waals surface area contributed by atoms with Crippen LogP contribution in [0.4, 0.5) is 10.5 Å². The average molecular weight is 251 g/mol. The summed E-state index contributed by atoms with van der Waals surface area (Å²) in [6.45, 7) is 4.64. The number of hydrogen-bond donors (Lipinski definition) is 2. The summed E-state index contributed by atoms with van der Waals surface area (Å²) in [4.78, 5) is 27.8. The lowest BCUT2D eigenvalue weighted by atomic mass is 10.2. The molecule has 6 nitrogen and oxygen atoms in total. The summed E-state index contributed by atoms with van der Waals surface area (Å²) in [7, 11) is 1.68. The van der Waals surface area contributed by atoms with Crippen LogP contribution in [0.5, 0.6) is 0 Å². The van der Waals surface area contributed by atoms with E-state index in [-0.39, 0.29) is 11.6 Å². The molecular formula is C12H17N3O3. The van der Waals surface area contributed by atoms with Crippen LogP contribution in [0.1, 0.15) is 24.2 Å². The van der Waals surface area contributed by atoms with Gasteiger partial charge in [-0.15, -0.1) is 0 Å². The van der Waals surface area contributed by atoms with Gasteiger partial charge in [0.05, 0.1) is 17.4 Å². The van der Waals surface area contributed by atoms with Crippen LogP contribution in [0.25, 0.3) is 0 Å². The van der Waals surface area contributed by atoms with Crippen molar-refractivity contribution in [1.29, 1.82) is 0 Å². The van der Waals surface area contributed by atoms with Crippen molar-refractivity contribution < 1.29 is 14.7 Å². The smallest absolute Gasteiger partial charge is 0.337 e. The molecule has 0 radical (unpaired) electrons. The highest BCUT2D eigenvalue weighted by atomic mass is 16.4. The van der Waals surface area contributed by atoms with E-state index in [1.807, 2.05) is 13.8 Å². The number of pyridine rings is 1. The van der Waals surface area contributed by atoms with E-state index in [1.165, 1.54) is 23.4 Å². The van der Waals surface area contributed by atoms with Crippen LogP contribution < -0.4 is 5.32 Å². The van der Waals surface area contributed by atoms with Crippen molar-refractivity contribution in [3.63, 3.8) is 0 Å². The Balaban J connectivity index is 2.70. The van der Waals surface area contributed by atoms with E-state index in [0.717, 1.165) is 0 Å². The van der Waals surface area contributed by atoms with Gasteiger partial charge < -0.3 is 15.3 Å². The van der Waals surface area contributed by atoms with Gasteiger partial charge in [0.15, 0.2) is 0 Å². The Morgan fingerprint density at radius 3 is 2.67 bits per heavy atom. The third-order valence-corrected chi connectivity index (χ3v) is 2.22. The third kappa shape index (κ3) is 4.04. The second-order valence-corrected chi connectivity index (χ2v) is 4.47. The quantitative estimate of drug-likeness (QED) is 0.856.